The molecule has 0 aromatic heterocycles. The minimum absolute atomic E-state index is 0.0684. The lowest BCUT2D eigenvalue weighted by atomic mass is 10.1. The molecule has 0 radical (unpaired) electrons. The zero-order chi connectivity index (χ0) is 10.8. The van der Waals surface area contributed by atoms with Crippen LogP contribution in [0.1, 0.15) is 27.2 Å². The molecule has 1 saturated heterocycles. The number of hydrogen-bond acceptors (Lipinski definition) is 4. The third-order valence-electron chi connectivity index (χ3n) is 1.66. The minimum Gasteiger partial charge on any atom is -0.317 e. The van der Waals surface area contributed by atoms with Crippen molar-refractivity contribution in [1.29, 1.82) is 0 Å². The fourth-order valence-corrected chi connectivity index (χ4v) is 8.69. The Morgan fingerprint density at radius 2 is 1.86 bits per heavy atom. The first-order valence-electron chi connectivity index (χ1n) is 4.39. The number of nitrogens with zero attached hydrogens (tertiary/aromatic N) is 1. The highest BCUT2D eigenvalue weighted by Gasteiger charge is 2.38. The predicted molar refractivity (Wildman–Crippen MR) is 68.9 cm³/mol. The lowest BCUT2D eigenvalue weighted by molar-refractivity contribution is 0.149. The molecule has 0 spiro atoms. The lowest BCUT2D eigenvalue weighted by Crippen LogP contribution is -2.35. The van der Waals surface area contributed by atoms with E-state index in [9.17, 15) is 0 Å². The maximum Gasteiger partial charge on any atom is 0.274 e. The van der Waals surface area contributed by atoms with Gasteiger partial charge in [0.15, 0.2) is 0 Å². The van der Waals surface area contributed by atoms with E-state index < -0.39 is 6.64 Å². The molecular weight excluding hydrogens is 305 g/mol. The van der Waals surface area contributed by atoms with E-state index in [1.54, 1.807) is 0 Å². The monoisotopic (exact) mass is 319 g/mol. The molecule has 1 aliphatic rings. The molecule has 1 rings (SSSR count). The number of rotatable bonds is 2. The van der Waals surface area contributed by atoms with Crippen LogP contribution in [0, 0.1) is 0 Å². The molecule has 1 aliphatic heterocycles. The van der Waals surface area contributed by atoms with E-state index in [0.29, 0.717) is 13.2 Å². The van der Waals surface area contributed by atoms with Crippen LogP contribution in [0.4, 0.5) is 0 Å². The first-order chi connectivity index (χ1) is 6.40. The lowest BCUT2D eigenvalue weighted by Gasteiger charge is -2.41. The van der Waals surface area contributed by atoms with E-state index in [1.165, 1.54) is 10.4 Å². The zero-order valence-corrected chi connectivity index (χ0v) is 12.6. The molecule has 0 amide bonds. The summed E-state index contributed by atoms with van der Waals surface area (Å²) in [6.45, 7) is 5.43. The number of hydrogen-bond donors (Lipinski definition) is 0. The average Bonchev–Trinajstić information content (AvgIpc) is 2.03. The van der Waals surface area contributed by atoms with Crippen LogP contribution in [0.25, 0.3) is 0 Å². The van der Waals surface area contributed by atoms with E-state index in [-0.39, 0.29) is 5.54 Å². The molecular formula is C7H15BrNO2PS2. The summed E-state index contributed by atoms with van der Waals surface area (Å²) in [6.07, 6.45) is 0.934. The standard InChI is InChI=1S/C7H15BrNO2PS2/c1-7(2,3)9(14-8)12(13)10-5-4-6-11-12/h4-6H2,1-3H3. The van der Waals surface area contributed by atoms with Crippen LogP contribution < -0.4 is 0 Å². The van der Waals surface area contributed by atoms with Gasteiger partial charge < -0.3 is 9.05 Å². The highest BCUT2D eigenvalue weighted by molar-refractivity contribution is 9.50. The first kappa shape index (κ1) is 13.4. The second kappa shape index (κ2) is 5.13. The largest absolute Gasteiger partial charge is 0.317 e. The van der Waals surface area contributed by atoms with Gasteiger partial charge >= 0.3 is 0 Å². The fraction of sp³-hybridized carbons (Fsp3) is 1.00. The predicted octanol–water partition coefficient (Wildman–Crippen LogP) is 3.71. The summed E-state index contributed by atoms with van der Waals surface area (Å²) in [4.78, 5) is 0. The second-order valence-electron chi connectivity index (χ2n) is 4.00. The topological polar surface area (TPSA) is 21.7 Å². The van der Waals surface area contributed by atoms with Crippen LogP contribution in [0.15, 0.2) is 0 Å². The van der Waals surface area contributed by atoms with Crippen LogP contribution in [-0.4, -0.2) is 22.8 Å². The van der Waals surface area contributed by atoms with Gasteiger partial charge in [-0.3, -0.25) is 0 Å². The summed E-state index contributed by atoms with van der Waals surface area (Å²) in [7, 11) is 1.42. The van der Waals surface area contributed by atoms with E-state index >= 15 is 0 Å². The molecule has 0 aliphatic carbocycles. The van der Waals surface area contributed by atoms with Gasteiger partial charge in [0.25, 0.3) is 6.64 Å². The van der Waals surface area contributed by atoms with Crippen molar-refractivity contribution in [3.05, 3.63) is 0 Å². The Hall–Kier alpha value is 1.36. The fourth-order valence-electron chi connectivity index (χ4n) is 1.07. The Labute approximate surface area is 102 Å². The molecule has 7 heteroatoms. The van der Waals surface area contributed by atoms with Crippen LogP contribution in [0.3, 0.4) is 0 Å². The Morgan fingerprint density at radius 3 is 2.21 bits per heavy atom. The van der Waals surface area contributed by atoms with Crippen LogP contribution in [0.5, 0.6) is 0 Å². The average molecular weight is 320 g/mol. The summed E-state index contributed by atoms with van der Waals surface area (Å²) >= 11 is 8.83. The van der Waals surface area contributed by atoms with Gasteiger partial charge in [-0.2, -0.15) is 4.08 Å². The maximum atomic E-state index is 5.62. The molecule has 0 unspecified atom stereocenters. The molecule has 0 atom stereocenters. The normalized spacial score (nSPS) is 22.6. The Kier molecular flexibility index (Phi) is 4.92. The van der Waals surface area contributed by atoms with Crippen molar-refractivity contribution in [2.75, 3.05) is 13.2 Å². The van der Waals surface area contributed by atoms with Crippen molar-refractivity contribution >= 4 is 43.6 Å². The van der Waals surface area contributed by atoms with Crippen LogP contribution in [0.2, 0.25) is 0 Å². The van der Waals surface area contributed by atoms with Crippen molar-refractivity contribution in [3.63, 3.8) is 0 Å². The maximum absolute atomic E-state index is 5.62. The number of halogens is 1. The molecule has 84 valence electrons. The molecule has 0 aromatic rings. The van der Waals surface area contributed by atoms with Crippen molar-refractivity contribution in [3.8, 4) is 0 Å². The first-order valence-corrected chi connectivity index (χ1v) is 9.59. The molecule has 3 nitrogen and oxygen atoms in total. The highest BCUT2D eigenvalue weighted by atomic mass is 79.9. The van der Waals surface area contributed by atoms with E-state index in [2.05, 4.69) is 35.6 Å². The Morgan fingerprint density at radius 1 is 1.36 bits per heavy atom. The highest BCUT2D eigenvalue weighted by Crippen LogP contribution is 2.61. The van der Waals surface area contributed by atoms with Crippen LogP contribution >= 0.6 is 31.8 Å². The molecule has 1 fully saturated rings. The van der Waals surface area contributed by atoms with E-state index in [4.69, 9.17) is 20.9 Å². The van der Waals surface area contributed by atoms with E-state index in [1.807, 2.05) is 4.08 Å². The van der Waals surface area contributed by atoms with E-state index in [0.717, 1.165) is 6.42 Å². The SMILES string of the molecule is CC(C)(C)N(SBr)P1(=S)OCCCO1. The molecule has 0 aromatic carbocycles. The molecule has 0 N–H and O–H groups in total. The summed E-state index contributed by atoms with van der Waals surface area (Å²) in [5.41, 5.74) is -0.0684. The van der Waals surface area contributed by atoms with Gasteiger partial charge in [-0.1, -0.05) is 0 Å². The van der Waals surface area contributed by atoms with Crippen molar-refractivity contribution < 1.29 is 9.05 Å². The van der Waals surface area contributed by atoms with Crippen molar-refractivity contribution in [2.45, 2.75) is 32.7 Å². The summed E-state index contributed by atoms with van der Waals surface area (Å²) in [5, 5.41) is 0. The van der Waals surface area contributed by atoms with Crippen LogP contribution in [-0.2, 0) is 20.9 Å². The van der Waals surface area contributed by atoms with Gasteiger partial charge in [0.2, 0.25) is 0 Å². The molecule has 14 heavy (non-hydrogen) atoms. The molecule has 0 bridgehead atoms. The van der Waals surface area contributed by atoms with Gasteiger partial charge in [-0.05, 0) is 39.0 Å². The zero-order valence-electron chi connectivity index (χ0n) is 8.53. The van der Waals surface area contributed by atoms with Crippen molar-refractivity contribution in [1.82, 2.24) is 4.08 Å². The second-order valence-corrected chi connectivity index (χ2v) is 8.88. The van der Waals surface area contributed by atoms with Crippen molar-refractivity contribution in [2.24, 2.45) is 0 Å². The summed E-state index contributed by atoms with van der Waals surface area (Å²) < 4.78 is 13.3. The Bertz CT molecular complexity index is 236. The Balaban J connectivity index is 2.82. The van der Waals surface area contributed by atoms with Gasteiger partial charge in [-0.25, -0.2) is 0 Å². The quantitative estimate of drug-likeness (QED) is 0.570. The van der Waals surface area contributed by atoms with Gasteiger partial charge in [0, 0.05) is 30.7 Å². The van der Waals surface area contributed by atoms with Gasteiger partial charge in [0.1, 0.15) is 0 Å². The van der Waals surface area contributed by atoms with Gasteiger partial charge in [-0.15, -0.1) is 0 Å². The molecule has 1 heterocycles. The molecule has 0 saturated carbocycles. The smallest absolute Gasteiger partial charge is 0.274 e. The third kappa shape index (κ3) is 3.17. The summed E-state index contributed by atoms with van der Waals surface area (Å²) in [5.74, 6) is 0. The summed E-state index contributed by atoms with van der Waals surface area (Å²) in [6, 6.07) is 0. The van der Waals surface area contributed by atoms with Gasteiger partial charge in [0.05, 0.1) is 13.2 Å². The minimum atomic E-state index is -2.26. The third-order valence-corrected chi connectivity index (χ3v) is 8.26.